The number of piperidine rings is 1. The topological polar surface area (TPSA) is 90.5 Å². The zero-order chi connectivity index (χ0) is 22.2. The van der Waals surface area contributed by atoms with E-state index in [2.05, 4.69) is 22.5 Å². The molecule has 1 aromatic carbocycles. The number of amides is 4. The molecule has 0 spiro atoms. The molecule has 0 saturated carbocycles. The maximum absolute atomic E-state index is 12.7. The molecule has 1 fully saturated rings. The summed E-state index contributed by atoms with van der Waals surface area (Å²) in [5, 5.41) is 10.9. The van der Waals surface area contributed by atoms with E-state index in [9.17, 15) is 14.4 Å². The Morgan fingerprint density at radius 1 is 1.23 bits per heavy atom. The van der Waals surface area contributed by atoms with Crippen LogP contribution in [0.1, 0.15) is 22.5 Å². The molecule has 7 nitrogen and oxygen atoms in total. The molecule has 1 saturated heterocycles. The minimum atomic E-state index is -0.673. The monoisotopic (exact) mass is 460 g/mol. The van der Waals surface area contributed by atoms with E-state index >= 15 is 0 Å². The zero-order valence-corrected chi connectivity index (χ0v) is 18.5. The van der Waals surface area contributed by atoms with Crippen LogP contribution in [0.4, 0.5) is 10.5 Å². The van der Waals surface area contributed by atoms with Crippen LogP contribution in [0.3, 0.4) is 0 Å². The summed E-state index contributed by atoms with van der Waals surface area (Å²) < 4.78 is 0. The molecule has 0 unspecified atom stereocenters. The summed E-state index contributed by atoms with van der Waals surface area (Å²) in [5.41, 5.74) is 0.629. The SMILES string of the molecule is C=CCNC(=O)[C@@H](NC(=O)c1cccs1)C1CCN(C(=O)Nc2cccc(Cl)c2)CC1. The van der Waals surface area contributed by atoms with Gasteiger partial charge in [0.15, 0.2) is 0 Å². The van der Waals surface area contributed by atoms with Crippen molar-refractivity contribution in [1.82, 2.24) is 15.5 Å². The molecule has 2 heterocycles. The van der Waals surface area contributed by atoms with Crippen LogP contribution in [0.15, 0.2) is 54.4 Å². The summed E-state index contributed by atoms with van der Waals surface area (Å²) >= 11 is 7.29. The van der Waals surface area contributed by atoms with Gasteiger partial charge in [0, 0.05) is 30.3 Å². The number of rotatable bonds is 7. The van der Waals surface area contributed by atoms with Gasteiger partial charge in [-0.1, -0.05) is 29.8 Å². The van der Waals surface area contributed by atoms with Crippen LogP contribution in [0, 0.1) is 5.92 Å². The Balaban J connectivity index is 1.61. The van der Waals surface area contributed by atoms with Gasteiger partial charge in [-0.3, -0.25) is 9.59 Å². The van der Waals surface area contributed by atoms with Gasteiger partial charge in [0.25, 0.3) is 5.91 Å². The van der Waals surface area contributed by atoms with Gasteiger partial charge in [0.1, 0.15) is 6.04 Å². The first-order valence-electron chi connectivity index (χ1n) is 10.0. The van der Waals surface area contributed by atoms with E-state index < -0.39 is 6.04 Å². The van der Waals surface area contributed by atoms with Crippen molar-refractivity contribution in [3.63, 3.8) is 0 Å². The van der Waals surface area contributed by atoms with Gasteiger partial charge in [0.2, 0.25) is 5.91 Å². The van der Waals surface area contributed by atoms with Crippen LogP contribution >= 0.6 is 22.9 Å². The van der Waals surface area contributed by atoms with E-state index in [1.54, 1.807) is 47.4 Å². The second kappa shape index (κ2) is 11.0. The van der Waals surface area contributed by atoms with E-state index in [1.165, 1.54) is 11.3 Å². The predicted octanol–water partition coefficient (Wildman–Crippen LogP) is 3.75. The molecule has 3 rings (SSSR count). The number of halogens is 1. The van der Waals surface area contributed by atoms with Crippen molar-refractivity contribution >= 4 is 46.5 Å². The van der Waals surface area contributed by atoms with Gasteiger partial charge < -0.3 is 20.9 Å². The van der Waals surface area contributed by atoms with Gasteiger partial charge in [-0.25, -0.2) is 4.79 Å². The number of urea groups is 1. The highest BCUT2D eigenvalue weighted by Crippen LogP contribution is 2.23. The summed E-state index contributed by atoms with van der Waals surface area (Å²) in [7, 11) is 0. The van der Waals surface area contributed by atoms with E-state index in [0.717, 1.165) is 0 Å². The zero-order valence-electron chi connectivity index (χ0n) is 17.0. The Kier molecular flexibility index (Phi) is 8.08. The van der Waals surface area contributed by atoms with Crippen molar-refractivity contribution in [2.24, 2.45) is 5.92 Å². The predicted molar refractivity (Wildman–Crippen MR) is 124 cm³/mol. The molecule has 31 heavy (non-hydrogen) atoms. The number of hydrogen-bond acceptors (Lipinski definition) is 4. The molecule has 0 aliphatic carbocycles. The van der Waals surface area contributed by atoms with Crippen molar-refractivity contribution in [1.29, 1.82) is 0 Å². The van der Waals surface area contributed by atoms with Crippen LogP contribution in [-0.2, 0) is 4.79 Å². The van der Waals surface area contributed by atoms with Crippen LogP contribution in [0.2, 0.25) is 5.02 Å². The highest BCUT2D eigenvalue weighted by atomic mass is 35.5. The fourth-order valence-electron chi connectivity index (χ4n) is 3.50. The third-order valence-corrected chi connectivity index (χ3v) is 6.21. The lowest BCUT2D eigenvalue weighted by atomic mass is 9.88. The Morgan fingerprint density at radius 3 is 2.65 bits per heavy atom. The minimum Gasteiger partial charge on any atom is -0.351 e. The summed E-state index contributed by atoms with van der Waals surface area (Å²) in [5.74, 6) is -0.592. The molecule has 1 aromatic heterocycles. The largest absolute Gasteiger partial charge is 0.351 e. The van der Waals surface area contributed by atoms with Gasteiger partial charge in [-0.05, 0) is 48.4 Å². The normalized spacial score (nSPS) is 15.1. The van der Waals surface area contributed by atoms with Crippen LogP contribution < -0.4 is 16.0 Å². The Morgan fingerprint density at radius 2 is 2.00 bits per heavy atom. The quantitative estimate of drug-likeness (QED) is 0.549. The van der Waals surface area contributed by atoms with Crippen molar-refractivity contribution < 1.29 is 14.4 Å². The highest BCUT2D eigenvalue weighted by Gasteiger charge is 2.34. The summed E-state index contributed by atoms with van der Waals surface area (Å²) in [6.45, 7) is 4.91. The van der Waals surface area contributed by atoms with Crippen LogP contribution in [-0.4, -0.2) is 48.4 Å². The number of nitrogens with one attached hydrogen (secondary N) is 3. The van der Waals surface area contributed by atoms with Gasteiger partial charge in [-0.2, -0.15) is 0 Å². The number of carbonyl (C=O) groups is 3. The molecule has 1 atom stereocenters. The van der Waals surface area contributed by atoms with E-state index in [-0.39, 0.29) is 23.8 Å². The Hall–Kier alpha value is -2.84. The molecule has 1 aliphatic rings. The molecule has 0 bridgehead atoms. The molecule has 0 radical (unpaired) electrons. The number of benzene rings is 1. The molecule has 164 valence electrons. The number of hydrogen-bond donors (Lipinski definition) is 3. The van der Waals surface area contributed by atoms with E-state index in [0.29, 0.717) is 48.1 Å². The lowest BCUT2D eigenvalue weighted by Gasteiger charge is -2.35. The smallest absolute Gasteiger partial charge is 0.321 e. The minimum absolute atomic E-state index is 0.0797. The molecule has 9 heteroatoms. The van der Waals surface area contributed by atoms with E-state index in [1.807, 2.05) is 5.38 Å². The molecule has 3 N–H and O–H groups in total. The first-order valence-corrected chi connectivity index (χ1v) is 11.3. The average Bonchev–Trinajstić information content (AvgIpc) is 3.31. The van der Waals surface area contributed by atoms with Gasteiger partial charge in [0.05, 0.1) is 4.88 Å². The molecule has 2 aromatic rings. The third kappa shape index (κ3) is 6.32. The second-order valence-corrected chi connectivity index (χ2v) is 8.61. The Labute approximate surface area is 190 Å². The Bertz CT molecular complexity index is 927. The number of likely N-dealkylation sites (tertiary alicyclic amines) is 1. The summed E-state index contributed by atoms with van der Waals surface area (Å²) in [6, 6.07) is 9.61. The summed E-state index contributed by atoms with van der Waals surface area (Å²) in [4.78, 5) is 40.1. The van der Waals surface area contributed by atoms with Crippen LogP contribution in [0.5, 0.6) is 0 Å². The lowest BCUT2D eigenvalue weighted by Crippen LogP contribution is -2.54. The highest BCUT2D eigenvalue weighted by molar-refractivity contribution is 7.12. The van der Waals surface area contributed by atoms with Crippen molar-refractivity contribution in [3.05, 3.63) is 64.3 Å². The van der Waals surface area contributed by atoms with Crippen molar-refractivity contribution in [2.75, 3.05) is 25.0 Å². The van der Waals surface area contributed by atoms with E-state index in [4.69, 9.17) is 11.6 Å². The molecule has 1 aliphatic heterocycles. The summed E-state index contributed by atoms with van der Waals surface area (Å²) in [6.07, 6.45) is 2.79. The fourth-order valence-corrected chi connectivity index (χ4v) is 4.32. The van der Waals surface area contributed by atoms with Crippen molar-refractivity contribution in [3.8, 4) is 0 Å². The lowest BCUT2D eigenvalue weighted by molar-refractivity contribution is -0.124. The number of nitrogens with zero attached hydrogens (tertiary/aromatic N) is 1. The number of anilines is 1. The third-order valence-electron chi connectivity index (χ3n) is 5.11. The first kappa shape index (κ1) is 22.8. The van der Waals surface area contributed by atoms with Crippen molar-refractivity contribution in [2.45, 2.75) is 18.9 Å². The average molecular weight is 461 g/mol. The van der Waals surface area contributed by atoms with Gasteiger partial charge in [-0.15, -0.1) is 17.9 Å². The first-order chi connectivity index (χ1) is 15.0. The van der Waals surface area contributed by atoms with Crippen LogP contribution in [0.25, 0.3) is 0 Å². The maximum atomic E-state index is 12.7. The maximum Gasteiger partial charge on any atom is 0.321 e. The molecule has 4 amide bonds. The number of thiophene rings is 1. The standard InChI is InChI=1S/C22H25ClN4O3S/c1-2-10-24-21(29)19(26-20(28)18-7-4-13-31-18)15-8-11-27(12-9-15)22(30)25-17-6-3-5-16(23)14-17/h2-7,13-15,19H,1,8-12H2,(H,24,29)(H,25,30)(H,26,28)/t19-/m0/s1. The van der Waals surface area contributed by atoms with Gasteiger partial charge >= 0.3 is 6.03 Å². The molecular weight excluding hydrogens is 436 g/mol. The molecular formula is C22H25ClN4O3S. The fraction of sp³-hybridized carbons (Fsp3) is 0.318. The number of carbonyl (C=O) groups excluding carboxylic acids is 3. The second-order valence-electron chi connectivity index (χ2n) is 7.23.